The van der Waals surface area contributed by atoms with Crippen molar-refractivity contribution in [2.75, 3.05) is 6.61 Å². The molecule has 14 heavy (non-hydrogen) atoms. The van der Waals surface area contributed by atoms with Crippen molar-refractivity contribution < 1.29 is 5.11 Å². The van der Waals surface area contributed by atoms with Crippen molar-refractivity contribution in [3.8, 4) is 11.8 Å². The molecule has 1 heterocycles. The molecule has 4 nitrogen and oxygen atoms in total. The molecule has 0 saturated heterocycles. The number of fused-ring (bicyclic) bond motifs is 1. The molecule has 70 valence electrons. The van der Waals surface area contributed by atoms with E-state index in [1.54, 1.807) is 0 Å². The number of nitrogens with one attached hydrogen (secondary N) is 1. The van der Waals surface area contributed by atoms with E-state index in [0.29, 0.717) is 6.42 Å². The first-order valence-corrected chi connectivity index (χ1v) is 4.30. The van der Waals surface area contributed by atoms with E-state index >= 15 is 0 Å². The summed E-state index contributed by atoms with van der Waals surface area (Å²) in [4.78, 5) is 0. The predicted molar refractivity (Wildman–Crippen MR) is 52.5 cm³/mol. The number of aliphatic hydroxyl groups is 1. The lowest BCUT2D eigenvalue weighted by Crippen LogP contribution is -1.78. The number of benzene rings is 1. The lowest BCUT2D eigenvalue weighted by molar-refractivity contribution is 0.305. The minimum atomic E-state index is 0.0964. The Balaban J connectivity index is 2.31. The normalized spacial score (nSPS) is 9.79. The topological polar surface area (TPSA) is 61.8 Å². The van der Waals surface area contributed by atoms with Crippen molar-refractivity contribution in [2.45, 2.75) is 6.42 Å². The van der Waals surface area contributed by atoms with Crippen LogP contribution in [0.15, 0.2) is 18.2 Å². The number of hydrogen-bond donors (Lipinski definition) is 2. The molecule has 0 bridgehead atoms. The van der Waals surface area contributed by atoms with Gasteiger partial charge in [0.25, 0.3) is 0 Å². The molecule has 0 amide bonds. The maximum absolute atomic E-state index is 8.55. The first-order chi connectivity index (χ1) is 6.90. The molecular weight excluding hydrogens is 178 g/mol. The van der Waals surface area contributed by atoms with Crippen molar-refractivity contribution in [1.29, 1.82) is 0 Å². The maximum Gasteiger partial charge on any atom is 0.114 e. The van der Waals surface area contributed by atoms with E-state index in [0.717, 1.165) is 16.6 Å². The van der Waals surface area contributed by atoms with Gasteiger partial charge in [0.15, 0.2) is 0 Å². The SMILES string of the molecule is OCCC#Cc1ccc2n[nH]nc2c1. The van der Waals surface area contributed by atoms with Crippen LogP contribution in [0.2, 0.25) is 0 Å². The molecule has 0 radical (unpaired) electrons. The lowest BCUT2D eigenvalue weighted by Gasteiger charge is -1.88. The zero-order valence-electron chi connectivity index (χ0n) is 7.49. The standard InChI is InChI=1S/C10H9N3O/c14-6-2-1-3-8-4-5-9-10(7-8)12-13-11-9/h4-5,7,14H,2,6H2,(H,11,12,13). The van der Waals surface area contributed by atoms with Gasteiger partial charge < -0.3 is 5.11 Å². The minimum absolute atomic E-state index is 0.0964. The summed E-state index contributed by atoms with van der Waals surface area (Å²) in [7, 11) is 0. The molecule has 0 aliphatic rings. The van der Waals surface area contributed by atoms with Crippen LogP contribution in [0.25, 0.3) is 11.0 Å². The van der Waals surface area contributed by atoms with E-state index in [-0.39, 0.29) is 6.61 Å². The fourth-order valence-electron chi connectivity index (χ4n) is 1.14. The van der Waals surface area contributed by atoms with Crippen molar-refractivity contribution in [2.24, 2.45) is 0 Å². The number of rotatable bonds is 1. The smallest absolute Gasteiger partial charge is 0.114 e. The van der Waals surface area contributed by atoms with E-state index in [1.807, 2.05) is 18.2 Å². The highest BCUT2D eigenvalue weighted by atomic mass is 16.2. The second-order valence-electron chi connectivity index (χ2n) is 2.80. The average molecular weight is 187 g/mol. The van der Waals surface area contributed by atoms with Crippen LogP contribution in [0.1, 0.15) is 12.0 Å². The van der Waals surface area contributed by atoms with Gasteiger partial charge in [-0.2, -0.15) is 15.4 Å². The first kappa shape index (κ1) is 8.73. The Labute approximate surface area is 81.0 Å². The third kappa shape index (κ3) is 1.73. The van der Waals surface area contributed by atoms with E-state index in [1.165, 1.54) is 0 Å². The van der Waals surface area contributed by atoms with Crippen LogP contribution in [0, 0.1) is 11.8 Å². The highest BCUT2D eigenvalue weighted by Gasteiger charge is 1.96. The number of aliphatic hydroxyl groups excluding tert-OH is 1. The van der Waals surface area contributed by atoms with Gasteiger partial charge >= 0.3 is 0 Å². The van der Waals surface area contributed by atoms with Gasteiger partial charge in [-0.3, -0.25) is 0 Å². The Morgan fingerprint density at radius 3 is 3.00 bits per heavy atom. The first-order valence-electron chi connectivity index (χ1n) is 4.30. The number of aromatic amines is 1. The van der Waals surface area contributed by atoms with Gasteiger partial charge in [-0.05, 0) is 18.2 Å². The van der Waals surface area contributed by atoms with Crippen LogP contribution in [0.3, 0.4) is 0 Å². The number of hydrogen-bond acceptors (Lipinski definition) is 3. The van der Waals surface area contributed by atoms with Gasteiger partial charge in [0.05, 0.1) is 6.61 Å². The molecule has 2 N–H and O–H groups in total. The van der Waals surface area contributed by atoms with Crippen molar-refractivity contribution in [1.82, 2.24) is 15.4 Å². The summed E-state index contributed by atoms with van der Waals surface area (Å²) < 4.78 is 0. The Bertz CT molecular complexity index is 493. The predicted octanol–water partition coefficient (Wildman–Crippen LogP) is 0.692. The van der Waals surface area contributed by atoms with Gasteiger partial charge in [0.2, 0.25) is 0 Å². The van der Waals surface area contributed by atoms with Crippen LogP contribution in [-0.4, -0.2) is 27.1 Å². The molecular formula is C10H9N3O. The summed E-state index contributed by atoms with van der Waals surface area (Å²) in [6.07, 6.45) is 0.497. The quantitative estimate of drug-likeness (QED) is 0.646. The zero-order chi connectivity index (χ0) is 9.80. The summed E-state index contributed by atoms with van der Waals surface area (Å²) in [6.45, 7) is 0.0964. The summed E-state index contributed by atoms with van der Waals surface area (Å²) in [6, 6.07) is 5.61. The molecule has 2 rings (SSSR count). The molecule has 0 aliphatic carbocycles. The van der Waals surface area contributed by atoms with Crippen molar-refractivity contribution in [3.05, 3.63) is 23.8 Å². The fourth-order valence-corrected chi connectivity index (χ4v) is 1.14. The van der Waals surface area contributed by atoms with Gasteiger partial charge in [-0.25, -0.2) is 0 Å². The Morgan fingerprint density at radius 1 is 1.29 bits per heavy atom. The lowest BCUT2D eigenvalue weighted by atomic mass is 10.2. The summed E-state index contributed by atoms with van der Waals surface area (Å²) in [5, 5.41) is 19.0. The third-order valence-electron chi connectivity index (χ3n) is 1.79. The Morgan fingerprint density at radius 2 is 2.14 bits per heavy atom. The number of nitrogens with zero attached hydrogens (tertiary/aromatic N) is 2. The van der Waals surface area contributed by atoms with Gasteiger partial charge in [-0.15, -0.1) is 0 Å². The second kappa shape index (κ2) is 3.90. The average Bonchev–Trinajstić information content (AvgIpc) is 2.65. The van der Waals surface area contributed by atoms with Crippen molar-refractivity contribution in [3.63, 3.8) is 0 Å². The van der Waals surface area contributed by atoms with E-state index in [4.69, 9.17) is 5.11 Å². The molecule has 0 spiro atoms. The molecule has 4 heteroatoms. The maximum atomic E-state index is 8.55. The Hall–Kier alpha value is -1.86. The molecule has 1 aromatic heterocycles. The van der Waals surface area contributed by atoms with Crippen LogP contribution < -0.4 is 0 Å². The summed E-state index contributed by atoms with van der Waals surface area (Å²) >= 11 is 0. The van der Waals surface area contributed by atoms with E-state index in [2.05, 4.69) is 27.3 Å². The van der Waals surface area contributed by atoms with Crippen molar-refractivity contribution >= 4 is 11.0 Å². The van der Waals surface area contributed by atoms with E-state index < -0.39 is 0 Å². The van der Waals surface area contributed by atoms with Gasteiger partial charge in [-0.1, -0.05) is 11.8 Å². The highest BCUT2D eigenvalue weighted by Crippen LogP contribution is 2.09. The number of H-pyrrole nitrogens is 1. The van der Waals surface area contributed by atoms with Crippen LogP contribution in [-0.2, 0) is 0 Å². The highest BCUT2D eigenvalue weighted by molar-refractivity contribution is 5.75. The summed E-state index contributed by atoms with van der Waals surface area (Å²) in [5.41, 5.74) is 2.53. The molecule has 0 aliphatic heterocycles. The van der Waals surface area contributed by atoms with Crippen LogP contribution in [0.4, 0.5) is 0 Å². The van der Waals surface area contributed by atoms with Crippen LogP contribution in [0.5, 0.6) is 0 Å². The largest absolute Gasteiger partial charge is 0.395 e. The Kier molecular flexibility index (Phi) is 2.43. The molecule has 0 fully saturated rings. The third-order valence-corrected chi connectivity index (χ3v) is 1.79. The van der Waals surface area contributed by atoms with E-state index in [9.17, 15) is 0 Å². The molecule has 0 unspecified atom stereocenters. The molecule has 0 saturated carbocycles. The molecule has 0 atom stereocenters. The molecule has 2 aromatic rings. The second-order valence-corrected chi connectivity index (χ2v) is 2.80. The number of aromatic nitrogens is 3. The van der Waals surface area contributed by atoms with Gasteiger partial charge in [0, 0.05) is 12.0 Å². The summed E-state index contributed by atoms with van der Waals surface area (Å²) in [5.74, 6) is 5.79. The van der Waals surface area contributed by atoms with Gasteiger partial charge in [0.1, 0.15) is 11.0 Å². The fraction of sp³-hybridized carbons (Fsp3) is 0.200. The monoisotopic (exact) mass is 187 g/mol. The molecule has 1 aromatic carbocycles. The van der Waals surface area contributed by atoms with Crippen LogP contribution >= 0.6 is 0 Å². The zero-order valence-corrected chi connectivity index (χ0v) is 7.49. The minimum Gasteiger partial charge on any atom is -0.395 e.